The SMILES string of the molecule is C=COCCCNC(=O)C(C)(C)Br. The van der Waals surface area contributed by atoms with Gasteiger partial charge < -0.3 is 10.1 Å². The molecule has 0 rings (SSSR count). The second-order valence-electron chi connectivity index (χ2n) is 3.12. The number of carbonyl (C=O) groups is 1. The molecule has 0 bridgehead atoms. The standard InChI is InChI=1S/C9H16BrNO2/c1-4-13-7-5-6-11-8(12)9(2,3)10/h4H,1,5-7H2,2-3H3,(H,11,12). The summed E-state index contributed by atoms with van der Waals surface area (Å²) in [7, 11) is 0. The minimum Gasteiger partial charge on any atom is -0.502 e. The number of alkyl halides is 1. The van der Waals surface area contributed by atoms with Crippen molar-refractivity contribution in [3.63, 3.8) is 0 Å². The lowest BCUT2D eigenvalue weighted by Gasteiger charge is -2.15. The molecule has 76 valence electrons. The third-order valence-corrected chi connectivity index (χ3v) is 1.74. The molecule has 0 unspecified atom stereocenters. The van der Waals surface area contributed by atoms with Crippen LogP contribution in [0.1, 0.15) is 20.3 Å². The van der Waals surface area contributed by atoms with Crippen LogP contribution in [0.3, 0.4) is 0 Å². The van der Waals surface area contributed by atoms with E-state index in [0.717, 1.165) is 6.42 Å². The van der Waals surface area contributed by atoms with Gasteiger partial charge in [-0.3, -0.25) is 4.79 Å². The van der Waals surface area contributed by atoms with Gasteiger partial charge in [-0.25, -0.2) is 0 Å². The molecule has 1 N–H and O–H groups in total. The van der Waals surface area contributed by atoms with Crippen molar-refractivity contribution in [1.82, 2.24) is 5.32 Å². The van der Waals surface area contributed by atoms with Crippen LogP contribution in [0.4, 0.5) is 0 Å². The van der Waals surface area contributed by atoms with Gasteiger partial charge >= 0.3 is 0 Å². The second kappa shape index (κ2) is 6.02. The number of rotatable bonds is 6. The smallest absolute Gasteiger partial charge is 0.236 e. The van der Waals surface area contributed by atoms with Crippen LogP contribution >= 0.6 is 15.9 Å². The highest BCUT2D eigenvalue weighted by Gasteiger charge is 2.22. The molecular formula is C9H16BrNO2. The molecule has 0 atom stereocenters. The summed E-state index contributed by atoms with van der Waals surface area (Å²) in [6.07, 6.45) is 2.19. The van der Waals surface area contributed by atoms with E-state index >= 15 is 0 Å². The fourth-order valence-electron chi connectivity index (χ4n) is 0.651. The van der Waals surface area contributed by atoms with E-state index in [4.69, 9.17) is 4.74 Å². The van der Waals surface area contributed by atoms with Crippen LogP contribution in [-0.2, 0) is 9.53 Å². The maximum absolute atomic E-state index is 11.3. The quantitative estimate of drug-likeness (QED) is 0.443. The van der Waals surface area contributed by atoms with Crippen LogP contribution in [0, 0.1) is 0 Å². The molecule has 0 aliphatic carbocycles. The lowest BCUT2D eigenvalue weighted by atomic mass is 10.2. The summed E-state index contributed by atoms with van der Waals surface area (Å²) in [5.74, 6) is -0.00824. The molecule has 0 heterocycles. The van der Waals surface area contributed by atoms with Gasteiger partial charge in [-0.05, 0) is 20.3 Å². The molecule has 0 saturated carbocycles. The highest BCUT2D eigenvalue weighted by atomic mass is 79.9. The number of ether oxygens (including phenoxy) is 1. The zero-order valence-corrected chi connectivity index (χ0v) is 9.69. The molecule has 0 aliphatic heterocycles. The predicted octanol–water partition coefficient (Wildman–Crippen LogP) is 1.83. The predicted molar refractivity (Wildman–Crippen MR) is 56.8 cm³/mol. The summed E-state index contributed by atoms with van der Waals surface area (Å²) in [6.45, 7) is 8.25. The third-order valence-electron chi connectivity index (χ3n) is 1.38. The maximum Gasteiger partial charge on any atom is 0.236 e. The van der Waals surface area contributed by atoms with E-state index < -0.39 is 4.32 Å². The molecule has 0 aromatic carbocycles. The number of hydrogen-bond donors (Lipinski definition) is 1. The topological polar surface area (TPSA) is 38.3 Å². The largest absolute Gasteiger partial charge is 0.502 e. The Hall–Kier alpha value is -0.510. The van der Waals surface area contributed by atoms with Crippen LogP contribution in [0.2, 0.25) is 0 Å². The van der Waals surface area contributed by atoms with Gasteiger partial charge in [0.05, 0.1) is 17.2 Å². The van der Waals surface area contributed by atoms with Crippen molar-refractivity contribution >= 4 is 21.8 Å². The van der Waals surface area contributed by atoms with Crippen molar-refractivity contribution < 1.29 is 9.53 Å². The number of halogens is 1. The summed E-state index contributed by atoms with van der Waals surface area (Å²) >= 11 is 3.27. The molecule has 0 aromatic heterocycles. The van der Waals surface area contributed by atoms with Crippen molar-refractivity contribution in [1.29, 1.82) is 0 Å². The van der Waals surface area contributed by atoms with Crippen molar-refractivity contribution in [3.05, 3.63) is 12.8 Å². The lowest BCUT2D eigenvalue weighted by Crippen LogP contribution is -2.38. The van der Waals surface area contributed by atoms with Gasteiger partial charge in [0.2, 0.25) is 5.91 Å². The van der Waals surface area contributed by atoms with Gasteiger partial charge in [0.15, 0.2) is 0 Å². The molecule has 0 fully saturated rings. The zero-order valence-electron chi connectivity index (χ0n) is 8.10. The Kier molecular flexibility index (Phi) is 5.79. The normalized spacial score (nSPS) is 10.7. The summed E-state index contributed by atoms with van der Waals surface area (Å²) in [4.78, 5) is 11.3. The first-order valence-corrected chi connectivity index (χ1v) is 4.97. The van der Waals surface area contributed by atoms with Crippen LogP contribution in [-0.4, -0.2) is 23.4 Å². The Labute approximate surface area is 87.7 Å². The first kappa shape index (κ1) is 12.5. The van der Waals surface area contributed by atoms with E-state index in [-0.39, 0.29) is 5.91 Å². The van der Waals surface area contributed by atoms with Crippen molar-refractivity contribution in [2.24, 2.45) is 0 Å². The van der Waals surface area contributed by atoms with Crippen LogP contribution < -0.4 is 5.32 Å². The van der Waals surface area contributed by atoms with Crippen molar-refractivity contribution in [2.75, 3.05) is 13.2 Å². The first-order valence-electron chi connectivity index (χ1n) is 4.18. The van der Waals surface area contributed by atoms with Crippen molar-refractivity contribution in [3.8, 4) is 0 Å². The average Bonchev–Trinajstić information content (AvgIpc) is 2.02. The van der Waals surface area contributed by atoms with Crippen LogP contribution in [0.25, 0.3) is 0 Å². The zero-order chi connectivity index (χ0) is 10.3. The Balaban J connectivity index is 3.43. The molecule has 0 radical (unpaired) electrons. The number of nitrogens with one attached hydrogen (secondary N) is 1. The minimum absolute atomic E-state index is 0.00824. The molecule has 0 spiro atoms. The second-order valence-corrected chi connectivity index (χ2v) is 5.10. The van der Waals surface area contributed by atoms with E-state index in [0.29, 0.717) is 13.2 Å². The molecule has 4 heteroatoms. The fourth-order valence-corrected chi connectivity index (χ4v) is 0.791. The Morgan fingerprint density at radius 2 is 2.31 bits per heavy atom. The van der Waals surface area contributed by atoms with Crippen LogP contribution in [0.15, 0.2) is 12.8 Å². The summed E-state index contributed by atoms with van der Waals surface area (Å²) < 4.78 is 4.41. The average molecular weight is 250 g/mol. The van der Waals surface area contributed by atoms with Crippen molar-refractivity contribution in [2.45, 2.75) is 24.6 Å². The van der Waals surface area contributed by atoms with Gasteiger partial charge in [-0.15, -0.1) is 0 Å². The van der Waals surface area contributed by atoms with Gasteiger partial charge in [-0.2, -0.15) is 0 Å². The lowest BCUT2D eigenvalue weighted by molar-refractivity contribution is -0.122. The summed E-state index contributed by atoms with van der Waals surface area (Å²) in [5.41, 5.74) is 0. The van der Waals surface area contributed by atoms with E-state index in [1.165, 1.54) is 6.26 Å². The van der Waals surface area contributed by atoms with E-state index in [1.54, 1.807) is 0 Å². The molecule has 0 aliphatic rings. The molecule has 13 heavy (non-hydrogen) atoms. The molecule has 0 aromatic rings. The van der Waals surface area contributed by atoms with Gasteiger partial charge in [0.25, 0.3) is 0 Å². The van der Waals surface area contributed by atoms with Crippen LogP contribution in [0.5, 0.6) is 0 Å². The third kappa shape index (κ3) is 6.63. The Bertz CT molecular complexity index is 175. The van der Waals surface area contributed by atoms with Gasteiger partial charge in [0, 0.05) is 6.54 Å². The molecule has 0 saturated heterocycles. The molecular weight excluding hydrogens is 234 g/mol. The van der Waals surface area contributed by atoms with Gasteiger partial charge in [-0.1, -0.05) is 22.5 Å². The molecule has 1 amide bonds. The minimum atomic E-state index is -0.494. The molecule has 3 nitrogen and oxygen atoms in total. The number of carbonyl (C=O) groups excluding carboxylic acids is 1. The van der Waals surface area contributed by atoms with E-state index in [2.05, 4.69) is 27.8 Å². The maximum atomic E-state index is 11.3. The summed E-state index contributed by atoms with van der Waals surface area (Å²) in [6, 6.07) is 0. The Morgan fingerprint density at radius 1 is 1.69 bits per heavy atom. The highest BCUT2D eigenvalue weighted by Crippen LogP contribution is 2.14. The van der Waals surface area contributed by atoms with E-state index in [9.17, 15) is 4.79 Å². The first-order chi connectivity index (χ1) is 5.98. The number of hydrogen-bond acceptors (Lipinski definition) is 2. The summed E-state index contributed by atoms with van der Waals surface area (Å²) in [5, 5.41) is 2.78. The number of amides is 1. The van der Waals surface area contributed by atoms with Gasteiger partial charge in [0.1, 0.15) is 0 Å². The monoisotopic (exact) mass is 249 g/mol. The highest BCUT2D eigenvalue weighted by molar-refractivity contribution is 9.10. The fraction of sp³-hybridized carbons (Fsp3) is 0.667. The Morgan fingerprint density at radius 3 is 2.77 bits per heavy atom. The van der Waals surface area contributed by atoms with E-state index in [1.807, 2.05) is 13.8 Å².